The Morgan fingerprint density at radius 1 is 1.09 bits per heavy atom. The fourth-order valence-corrected chi connectivity index (χ4v) is 5.10. The fraction of sp³-hybridized carbons (Fsp3) is 0.370. The van der Waals surface area contributed by atoms with Crippen molar-refractivity contribution >= 4 is 23.3 Å². The lowest BCUT2D eigenvalue weighted by molar-refractivity contribution is -0.115. The summed E-state index contributed by atoms with van der Waals surface area (Å²) in [4.78, 5) is 22.9. The van der Waals surface area contributed by atoms with Crippen LogP contribution >= 0.6 is 11.6 Å². The molecule has 0 bridgehead atoms. The first kappa shape index (κ1) is 21.9. The summed E-state index contributed by atoms with van der Waals surface area (Å²) in [6.45, 7) is 0. The molecule has 0 atom stereocenters. The highest BCUT2D eigenvalue weighted by Crippen LogP contribution is 2.36. The number of aromatic nitrogens is 2. The summed E-state index contributed by atoms with van der Waals surface area (Å²) in [5.41, 5.74) is 6.07. The fourth-order valence-electron chi connectivity index (χ4n) is 4.98. The monoisotopic (exact) mass is 461 g/mol. The summed E-state index contributed by atoms with van der Waals surface area (Å²) in [6.07, 6.45) is 7.77. The molecule has 2 aliphatic carbocycles. The highest BCUT2D eigenvalue weighted by Gasteiger charge is 2.25. The number of fused-ring (bicyclic) bond motifs is 3. The molecule has 0 radical (unpaired) electrons. The molecule has 0 aliphatic heterocycles. The van der Waals surface area contributed by atoms with Gasteiger partial charge in [0.25, 0.3) is 0 Å². The third-order valence-electron chi connectivity index (χ3n) is 6.73. The van der Waals surface area contributed by atoms with Crippen molar-refractivity contribution < 1.29 is 9.53 Å². The van der Waals surface area contributed by atoms with Gasteiger partial charge in [-0.3, -0.25) is 4.79 Å². The van der Waals surface area contributed by atoms with Crippen LogP contribution in [0.15, 0.2) is 42.5 Å². The molecule has 5 rings (SSSR count). The molecule has 1 aromatic heterocycles. The van der Waals surface area contributed by atoms with Crippen molar-refractivity contribution in [1.82, 2.24) is 9.97 Å². The van der Waals surface area contributed by atoms with Crippen molar-refractivity contribution in [2.75, 3.05) is 12.4 Å². The maximum atomic E-state index is 12.9. The number of amides is 1. The van der Waals surface area contributed by atoms with Crippen molar-refractivity contribution in [3.63, 3.8) is 0 Å². The first-order valence-electron chi connectivity index (χ1n) is 11.7. The quantitative estimate of drug-likeness (QED) is 0.502. The summed E-state index contributed by atoms with van der Waals surface area (Å²) in [5.74, 6) is 2.00. The summed E-state index contributed by atoms with van der Waals surface area (Å²) < 4.78 is 5.41. The van der Waals surface area contributed by atoms with Gasteiger partial charge in [-0.1, -0.05) is 49.4 Å². The SMILES string of the molecule is COc1ccc2c(c1)CCc1nc(NC(=O)Cc3ccc(Cl)cc3)c(CC3CCCC3)nc1-2. The van der Waals surface area contributed by atoms with E-state index >= 15 is 0 Å². The molecular weight excluding hydrogens is 434 g/mol. The molecule has 0 spiro atoms. The minimum absolute atomic E-state index is 0.0832. The number of halogens is 1. The molecule has 1 amide bonds. The molecule has 2 aromatic carbocycles. The standard InChI is InChI=1S/C27H28ClN3O2/c1-33-21-11-12-22-19(16-21)8-13-23-26(22)29-24(14-17-4-2-3-5-17)27(30-23)31-25(32)15-18-6-9-20(28)10-7-18/h6-7,9-12,16-17H,2-5,8,13-15H2,1H3,(H,30,31,32). The van der Waals surface area contributed by atoms with Crippen LogP contribution in [0.4, 0.5) is 5.82 Å². The number of rotatable bonds is 6. The van der Waals surface area contributed by atoms with Crippen LogP contribution in [0.2, 0.25) is 5.02 Å². The second kappa shape index (κ2) is 9.52. The topological polar surface area (TPSA) is 64.1 Å². The van der Waals surface area contributed by atoms with E-state index in [-0.39, 0.29) is 12.3 Å². The van der Waals surface area contributed by atoms with E-state index in [0.717, 1.165) is 53.2 Å². The lowest BCUT2D eigenvalue weighted by Gasteiger charge is -2.22. The molecular formula is C27H28ClN3O2. The van der Waals surface area contributed by atoms with Gasteiger partial charge in [0.1, 0.15) is 5.75 Å². The molecule has 1 saturated carbocycles. The Hall–Kier alpha value is -2.92. The largest absolute Gasteiger partial charge is 0.497 e. The number of hydrogen-bond acceptors (Lipinski definition) is 4. The summed E-state index contributed by atoms with van der Waals surface area (Å²) in [6, 6.07) is 13.5. The van der Waals surface area contributed by atoms with Crippen molar-refractivity contribution in [2.24, 2.45) is 5.92 Å². The predicted molar refractivity (Wildman–Crippen MR) is 131 cm³/mol. The van der Waals surface area contributed by atoms with E-state index < -0.39 is 0 Å². The number of nitrogens with zero attached hydrogens (tertiary/aromatic N) is 2. The van der Waals surface area contributed by atoms with E-state index in [9.17, 15) is 4.79 Å². The molecule has 170 valence electrons. The molecule has 2 aliphatic rings. The van der Waals surface area contributed by atoms with Gasteiger partial charge in [-0.2, -0.15) is 0 Å². The Morgan fingerprint density at radius 3 is 2.64 bits per heavy atom. The van der Waals surface area contributed by atoms with Crippen LogP contribution in [0.25, 0.3) is 11.3 Å². The summed E-state index contributed by atoms with van der Waals surface area (Å²) in [7, 11) is 1.69. The van der Waals surface area contributed by atoms with Crippen molar-refractivity contribution in [2.45, 2.75) is 51.4 Å². The van der Waals surface area contributed by atoms with Gasteiger partial charge < -0.3 is 10.1 Å². The number of hydrogen-bond donors (Lipinski definition) is 1. The Kier molecular flexibility index (Phi) is 6.32. The number of nitrogens with one attached hydrogen (secondary N) is 1. The molecule has 5 nitrogen and oxygen atoms in total. The molecule has 33 heavy (non-hydrogen) atoms. The minimum Gasteiger partial charge on any atom is -0.497 e. The van der Waals surface area contributed by atoms with E-state index in [4.69, 9.17) is 26.3 Å². The average molecular weight is 462 g/mol. The molecule has 6 heteroatoms. The maximum Gasteiger partial charge on any atom is 0.229 e. The molecule has 1 fully saturated rings. The Labute approximate surface area is 199 Å². The number of anilines is 1. The third-order valence-corrected chi connectivity index (χ3v) is 6.98. The highest BCUT2D eigenvalue weighted by atomic mass is 35.5. The number of carbonyl (C=O) groups is 1. The van der Waals surface area contributed by atoms with Crippen molar-refractivity contribution in [3.05, 3.63) is 70.0 Å². The Morgan fingerprint density at radius 2 is 1.88 bits per heavy atom. The maximum absolute atomic E-state index is 12.9. The van der Waals surface area contributed by atoms with Crippen LogP contribution in [0.3, 0.4) is 0 Å². The number of aryl methyl sites for hydroxylation is 2. The van der Waals surface area contributed by atoms with E-state index in [1.54, 1.807) is 19.2 Å². The molecule has 1 N–H and O–H groups in total. The smallest absolute Gasteiger partial charge is 0.229 e. The van der Waals surface area contributed by atoms with E-state index in [1.165, 1.54) is 31.2 Å². The van der Waals surface area contributed by atoms with Crippen LogP contribution in [-0.4, -0.2) is 23.0 Å². The van der Waals surface area contributed by atoms with Gasteiger partial charge in [-0.25, -0.2) is 9.97 Å². The first-order valence-corrected chi connectivity index (χ1v) is 12.1. The van der Waals surface area contributed by atoms with Crippen LogP contribution in [0.5, 0.6) is 5.75 Å². The average Bonchev–Trinajstić information content (AvgIpc) is 3.33. The second-order valence-corrected chi connectivity index (χ2v) is 9.48. The summed E-state index contributed by atoms with van der Waals surface area (Å²) in [5, 5.41) is 3.74. The number of ether oxygens (including phenoxy) is 1. The molecule has 3 aromatic rings. The predicted octanol–water partition coefficient (Wildman–Crippen LogP) is 5.82. The third kappa shape index (κ3) is 4.88. The lowest BCUT2D eigenvalue weighted by atomic mass is 9.91. The van der Waals surface area contributed by atoms with Gasteiger partial charge in [0, 0.05) is 10.6 Å². The van der Waals surface area contributed by atoms with Crippen LogP contribution < -0.4 is 10.1 Å². The lowest BCUT2D eigenvalue weighted by Crippen LogP contribution is -2.20. The Balaban J connectivity index is 1.46. The van der Waals surface area contributed by atoms with Gasteiger partial charge in [0.05, 0.1) is 30.6 Å². The normalized spacial score (nSPS) is 15.1. The van der Waals surface area contributed by atoms with Crippen molar-refractivity contribution in [3.8, 4) is 17.0 Å². The van der Waals surface area contributed by atoms with Crippen LogP contribution in [0, 0.1) is 5.92 Å². The van der Waals surface area contributed by atoms with E-state index in [0.29, 0.717) is 16.8 Å². The zero-order valence-corrected chi connectivity index (χ0v) is 19.6. The number of carbonyl (C=O) groups excluding carboxylic acids is 1. The molecule has 0 saturated heterocycles. The number of benzene rings is 2. The van der Waals surface area contributed by atoms with Gasteiger partial charge >= 0.3 is 0 Å². The first-order chi connectivity index (χ1) is 16.1. The highest BCUT2D eigenvalue weighted by molar-refractivity contribution is 6.30. The van der Waals surface area contributed by atoms with Crippen molar-refractivity contribution in [1.29, 1.82) is 0 Å². The zero-order chi connectivity index (χ0) is 22.8. The summed E-state index contributed by atoms with van der Waals surface area (Å²) >= 11 is 5.97. The molecule has 1 heterocycles. The minimum atomic E-state index is -0.0832. The number of methoxy groups -OCH3 is 1. The van der Waals surface area contributed by atoms with Gasteiger partial charge in [-0.05, 0) is 66.6 Å². The molecule has 0 unspecified atom stereocenters. The van der Waals surface area contributed by atoms with Gasteiger partial charge in [-0.15, -0.1) is 0 Å². The van der Waals surface area contributed by atoms with Crippen LogP contribution in [-0.2, 0) is 30.5 Å². The van der Waals surface area contributed by atoms with E-state index in [1.807, 2.05) is 18.2 Å². The van der Waals surface area contributed by atoms with Gasteiger partial charge in [0.2, 0.25) is 5.91 Å². The van der Waals surface area contributed by atoms with Gasteiger partial charge in [0.15, 0.2) is 5.82 Å². The second-order valence-electron chi connectivity index (χ2n) is 9.04. The van der Waals surface area contributed by atoms with Crippen LogP contribution in [0.1, 0.15) is 48.2 Å². The van der Waals surface area contributed by atoms with E-state index in [2.05, 4.69) is 17.4 Å². The zero-order valence-electron chi connectivity index (χ0n) is 18.9. The Bertz CT molecular complexity index is 1170.